The van der Waals surface area contributed by atoms with Crippen LogP contribution in [0.1, 0.15) is 16.9 Å². The molecule has 0 saturated carbocycles. The van der Waals surface area contributed by atoms with Gasteiger partial charge in [-0.1, -0.05) is 17.7 Å². The lowest BCUT2D eigenvalue weighted by atomic mass is 10.2. The van der Waals surface area contributed by atoms with Crippen LogP contribution in [0, 0.1) is 13.8 Å². The molecule has 1 aromatic carbocycles. The van der Waals surface area contributed by atoms with E-state index in [2.05, 4.69) is 5.32 Å². The summed E-state index contributed by atoms with van der Waals surface area (Å²) < 4.78 is 5.35. The molecular weight excluding hydrogens is 222 g/mol. The van der Waals surface area contributed by atoms with Crippen LogP contribution in [0.5, 0.6) is 0 Å². The molecule has 1 heterocycles. The minimum Gasteiger partial charge on any atom is -0.467 e. The van der Waals surface area contributed by atoms with E-state index in [4.69, 9.17) is 16.0 Å². The lowest BCUT2D eigenvalue weighted by Crippen LogP contribution is -2.00. The molecule has 0 radical (unpaired) electrons. The zero-order chi connectivity index (χ0) is 11.5. The summed E-state index contributed by atoms with van der Waals surface area (Å²) in [6.45, 7) is 4.72. The number of aryl methyl sites for hydroxylation is 2. The van der Waals surface area contributed by atoms with Crippen LogP contribution in [-0.2, 0) is 6.54 Å². The van der Waals surface area contributed by atoms with Crippen LogP contribution in [0.4, 0.5) is 5.69 Å². The maximum atomic E-state index is 6.08. The Bertz CT molecular complexity index is 490. The van der Waals surface area contributed by atoms with Gasteiger partial charge < -0.3 is 9.73 Å². The van der Waals surface area contributed by atoms with Gasteiger partial charge in [0.15, 0.2) is 0 Å². The predicted octanol–water partition coefficient (Wildman–Crippen LogP) is 4.16. The van der Waals surface area contributed by atoms with Crippen molar-refractivity contribution in [3.63, 3.8) is 0 Å². The molecule has 16 heavy (non-hydrogen) atoms. The first-order valence-corrected chi connectivity index (χ1v) is 5.57. The molecule has 2 rings (SSSR count). The third-order valence-corrected chi connectivity index (χ3v) is 2.86. The standard InChI is InChI=1S/C13H14ClNO/c1-9-3-4-11(14)12(7-9)15-8-13-10(2)5-6-16-13/h3-7,15H,8H2,1-2H3. The van der Waals surface area contributed by atoms with Crippen LogP contribution >= 0.6 is 11.6 Å². The molecule has 0 amide bonds. The van der Waals surface area contributed by atoms with Crippen molar-refractivity contribution in [3.05, 3.63) is 52.4 Å². The number of hydrogen-bond donors (Lipinski definition) is 1. The largest absolute Gasteiger partial charge is 0.467 e. The van der Waals surface area contributed by atoms with Crippen LogP contribution in [-0.4, -0.2) is 0 Å². The van der Waals surface area contributed by atoms with Gasteiger partial charge in [-0.05, 0) is 43.2 Å². The van der Waals surface area contributed by atoms with E-state index in [1.165, 1.54) is 5.56 Å². The third-order valence-electron chi connectivity index (χ3n) is 2.53. The van der Waals surface area contributed by atoms with Gasteiger partial charge in [0.2, 0.25) is 0 Å². The molecule has 0 bridgehead atoms. The number of benzene rings is 1. The highest BCUT2D eigenvalue weighted by molar-refractivity contribution is 6.33. The van der Waals surface area contributed by atoms with Crippen molar-refractivity contribution in [1.29, 1.82) is 0 Å². The van der Waals surface area contributed by atoms with Gasteiger partial charge in [-0.2, -0.15) is 0 Å². The van der Waals surface area contributed by atoms with Crippen molar-refractivity contribution in [2.45, 2.75) is 20.4 Å². The van der Waals surface area contributed by atoms with E-state index in [-0.39, 0.29) is 0 Å². The van der Waals surface area contributed by atoms with Crippen LogP contribution < -0.4 is 5.32 Å². The second-order valence-electron chi connectivity index (χ2n) is 3.86. The van der Waals surface area contributed by atoms with E-state index in [1.54, 1.807) is 6.26 Å². The summed E-state index contributed by atoms with van der Waals surface area (Å²) in [5.74, 6) is 0.942. The highest BCUT2D eigenvalue weighted by Gasteiger charge is 2.04. The number of furan rings is 1. The molecule has 0 aliphatic carbocycles. The maximum Gasteiger partial charge on any atom is 0.125 e. The average Bonchev–Trinajstić information content (AvgIpc) is 2.66. The minimum absolute atomic E-state index is 0.655. The van der Waals surface area contributed by atoms with E-state index in [0.29, 0.717) is 6.54 Å². The molecule has 0 unspecified atom stereocenters. The van der Waals surface area contributed by atoms with Crippen LogP contribution in [0.15, 0.2) is 34.9 Å². The SMILES string of the molecule is Cc1ccc(Cl)c(NCc2occc2C)c1. The Balaban J connectivity index is 2.10. The highest BCUT2D eigenvalue weighted by atomic mass is 35.5. The van der Waals surface area contributed by atoms with Crippen LogP contribution in [0.25, 0.3) is 0 Å². The van der Waals surface area contributed by atoms with Gasteiger partial charge >= 0.3 is 0 Å². The van der Waals surface area contributed by atoms with Gasteiger partial charge in [0.25, 0.3) is 0 Å². The van der Waals surface area contributed by atoms with E-state index in [1.807, 2.05) is 38.1 Å². The Hall–Kier alpha value is -1.41. The lowest BCUT2D eigenvalue weighted by Gasteiger charge is -2.08. The van der Waals surface area contributed by atoms with Gasteiger partial charge in [0.05, 0.1) is 23.5 Å². The fraction of sp³-hybridized carbons (Fsp3) is 0.231. The van der Waals surface area contributed by atoms with Crippen molar-refractivity contribution in [2.24, 2.45) is 0 Å². The van der Waals surface area contributed by atoms with E-state index >= 15 is 0 Å². The van der Waals surface area contributed by atoms with Gasteiger partial charge in [-0.25, -0.2) is 0 Å². The van der Waals surface area contributed by atoms with Crippen molar-refractivity contribution in [1.82, 2.24) is 0 Å². The van der Waals surface area contributed by atoms with E-state index < -0.39 is 0 Å². The smallest absolute Gasteiger partial charge is 0.125 e. The molecular formula is C13H14ClNO. The van der Waals surface area contributed by atoms with Crippen molar-refractivity contribution >= 4 is 17.3 Å². The Labute approximate surface area is 100 Å². The molecule has 0 fully saturated rings. The molecule has 2 nitrogen and oxygen atoms in total. The zero-order valence-electron chi connectivity index (χ0n) is 9.38. The molecule has 1 N–H and O–H groups in total. The molecule has 0 spiro atoms. The van der Waals surface area contributed by atoms with E-state index in [9.17, 15) is 0 Å². The Morgan fingerprint density at radius 3 is 2.75 bits per heavy atom. The van der Waals surface area contributed by atoms with Gasteiger partial charge in [0.1, 0.15) is 5.76 Å². The second-order valence-corrected chi connectivity index (χ2v) is 4.27. The summed E-state index contributed by atoms with van der Waals surface area (Å²) in [5, 5.41) is 4.00. The first-order chi connectivity index (χ1) is 7.66. The number of halogens is 1. The zero-order valence-corrected chi connectivity index (χ0v) is 10.1. The van der Waals surface area contributed by atoms with Crippen molar-refractivity contribution < 1.29 is 4.42 Å². The summed E-state index contributed by atoms with van der Waals surface area (Å²) >= 11 is 6.08. The van der Waals surface area contributed by atoms with E-state index in [0.717, 1.165) is 22.0 Å². The van der Waals surface area contributed by atoms with Crippen molar-refractivity contribution in [2.75, 3.05) is 5.32 Å². The molecule has 3 heteroatoms. The first-order valence-electron chi connectivity index (χ1n) is 5.20. The lowest BCUT2D eigenvalue weighted by molar-refractivity contribution is 0.515. The predicted molar refractivity (Wildman–Crippen MR) is 67.0 cm³/mol. The van der Waals surface area contributed by atoms with Crippen LogP contribution in [0.2, 0.25) is 5.02 Å². The molecule has 0 aliphatic rings. The van der Waals surface area contributed by atoms with Gasteiger partial charge in [-0.3, -0.25) is 0 Å². The van der Waals surface area contributed by atoms with Crippen molar-refractivity contribution in [3.8, 4) is 0 Å². The minimum atomic E-state index is 0.655. The summed E-state index contributed by atoms with van der Waals surface area (Å²) in [7, 11) is 0. The second kappa shape index (κ2) is 4.62. The number of anilines is 1. The Morgan fingerprint density at radius 2 is 2.06 bits per heavy atom. The summed E-state index contributed by atoms with van der Waals surface area (Å²) in [6, 6.07) is 7.87. The van der Waals surface area contributed by atoms with Gasteiger partial charge in [0, 0.05) is 0 Å². The topological polar surface area (TPSA) is 25.2 Å². The normalized spacial score (nSPS) is 10.4. The summed E-state index contributed by atoms with van der Waals surface area (Å²) in [5.41, 5.74) is 3.27. The quantitative estimate of drug-likeness (QED) is 0.864. The number of nitrogens with one attached hydrogen (secondary N) is 1. The van der Waals surface area contributed by atoms with Crippen LogP contribution in [0.3, 0.4) is 0 Å². The Morgan fingerprint density at radius 1 is 1.25 bits per heavy atom. The fourth-order valence-corrected chi connectivity index (χ4v) is 1.72. The highest BCUT2D eigenvalue weighted by Crippen LogP contribution is 2.23. The third kappa shape index (κ3) is 2.39. The number of hydrogen-bond acceptors (Lipinski definition) is 2. The summed E-state index contributed by atoms with van der Waals surface area (Å²) in [4.78, 5) is 0. The average molecular weight is 236 g/mol. The fourth-order valence-electron chi connectivity index (χ4n) is 1.54. The molecule has 1 aromatic heterocycles. The molecule has 84 valence electrons. The van der Waals surface area contributed by atoms with Gasteiger partial charge in [-0.15, -0.1) is 0 Å². The summed E-state index contributed by atoms with van der Waals surface area (Å²) in [6.07, 6.45) is 1.70. The number of rotatable bonds is 3. The monoisotopic (exact) mass is 235 g/mol. The molecule has 0 saturated heterocycles. The molecule has 0 aliphatic heterocycles. The molecule has 0 atom stereocenters. The molecule has 2 aromatic rings. The Kier molecular flexibility index (Phi) is 3.20. The first kappa shape index (κ1) is 11.1. The maximum absolute atomic E-state index is 6.08.